The third kappa shape index (κ3) is 1.95. The molecule has 0 N–H and O–H groups in total. The van der Waals surface area contributed by atoms with Gasteiger partial charge in [-0.3, -0.25) is 0 Å². The topological polar surface area (TPSA) is 9.23 Å². The van der Waals surface area contributed by atoms with Crippen molar-refractivity contribution in [2.24, 2.45) is 0 Å². The molecule has 1 aromatic carbocycles. The predicted molar refractivity (Wildman–Crippen MR) is 50.3 cm³/mol. The lowest BCUT2D eigenvalue weighted by molar-refractivity contribution is 0.405. The summed E-state index contributed by atoms with van der Waals surface area (Å²) in [6.45, 7) is 0. The zero-order valence-corrected chi connectivity index (χ0v) is 8.17. The monoisotopic (exact) mass is 208 g/mol. The van der Waals surface area contributed by atoms with E-state index in [-0.39, 0.29) is 0 Å². The number of thiol groups is 1. The van der Waals surface area contributed by atoms with Gasteiger partial charge in [-0.2, -0.15) is 0 Å². The number of methoxy groups -OCH3 is 1. The van der Waals surface area contributed by atoms with Crippen molar-refractivity contribution < 1.29 is 4.74 Å². The maximum absolute atomic E-state index is 5.78. The lowest BCUT2D eigenvalue weighted by Crippen LogP contribution is -1.85. The smallest absolute Gasteiger partial charge is 0.150 e. The molecule has 1 rings (SSSR count). The molecule has 0 unspecified atom stereocenters. The molecule has 0 saturated carbocycles. The molecule has 1 aromatic rings. The molecule has 0 aromatic heterocycles. The minimum Gasteiger partial charge on any atom is -0.494 e. The highest BCUT2D eigenvalue weighted by atomic mass is 35.5. The van der Waals surface area contributed by atoms with Crippen LogP contribution in [0.4, 0.5) is 0 Å². The van der Waals surface area contributed by atoms with E-state index in [0.717, 1.165) is 0 Å². The summed E-state index contributed by atoms with van der Waals surface area (Å²) < 4.78 is 4.96. The first-order valence-corrected chi connectivity index (χ1v) is 4.07. The largest absolute Gasteiger partial charge is 0.494 e. The van der Waals surface area contributed by atoms with Crippen LogP contribution < -0.4 is 4.74 Å². The summed E-state index contributed by atoms with van der Waals surface area (Å²) in [4.78, 5) is 0.644. The van der Waals surface area contributed by atoms with Crippen LogP contribution in [-0.4, -0.2) is 7.11 Å². The lowest BCUT2D eigenvalue weighted by atomic mass is 10.3. The molecular formula is C7H6Cl2OS. The van der Waals surface area contributed by atoms with Gasteiger partial charge in [0.05, 0.1) is 12.1 Å². The highest BCUT2D eigenvalue weighted by molar-refractivity contribution is 7.80. The maximum atomic E-state index is 5.78. The van der Waals surface area contributed by atoms with E-state index in [1.807, 2.05) is 0 Å². The summed E-state index contributed by atoms with van der Waals surface area (Å²) in [7, 11) is 1.54. The second-order valence-corrected chi connectivity index (χ2v) is 3.27. The van der Waals surface area contributed by atoms with Crippen molar-refractivity contribution in [2.75, 3.05) is 7.11 Å². The Morgan fingerprint density at radius 2 is 2.00 bits per heavy atom. The van der Waals surface area contributed by atoms with Gasteiger partial charge >= 0.3 is 0 Å². The van der Waals surface area contributed by atoms with Crippen LogP contribution in [0.1, 0.15) is 0 Å². The molecule has 0 bridgehead atoms. The van der Waals surface area contributed by atoms with E-state index in [9.17, 15) is 0 Å². The molecule has 0 amide bonds. The van der Waals surface area contributed by atoms with Gasteiger partial charge in [-0.25, -0.2) is 0 Å². The Labute approximate surface area is 80.7 Å². The van der Waals surface area contributed by atoms with Gasteiger partial charge in [-0.1, -0.05) is 23.2 Å². The van der Waals surface area contributed by atoms with E-state index in [4.69, 9.17) is 27.9 Å². The minimum absolute atomic E-state index is 0.477. The molecule has 0 saturated heterocycles. The number of ether oxygens (including phenoxy) is 1. The molecule has 0 heterocycles. The summed E-state index contributed by atoms with van der Waals surface area (Å²) >= 11 is 15.6. The van der Waals surface area contributed by atoms with Gasteiger partial charge in [0, 0.05) is 9.92 Å². The van der Waals surface area contributed by atoms with Crippen LogP contribution in [0.3, 0.4) is 0 Å². The van der Waals surface area contributed by atoms with E-state index in [1.54, 1.807) is 12.1 Å². The van der Waals surface area contributed by atoms with E-state index in [1.165, 1.54) is 7.11 Å². The van der Waals surface area contributed by atoms with Gasteiger partial charge in [-0.15, -0.1) is 12.6 Å². The second-order valence-electron chi connectivity index (χ2n) is 1.94. The first-order chi connectivity index (χ1) is 5.15. The van der Waals surface area contributed by atoms with Crippen LogP contribution in [0.2, 0.25) is 10.0 Å². The summed E-state index contributed by atoms with van der Waals surface area (Å²) in [6.07, 6.45) is 0. The fraction of sp³-hybridized carbons (Fsp3) is 0.143. The molecule has 0 aliphatic carbocycles. The molecule has 11 heavy (non-hydrogen) atoms. The molecule has 0 aliphatic rings. The molecule has 0 atom stereocenters. The van der Waals surface area contributed by atoms with Gasteiger partial charge in [0.25, 0.3) is 0 Å². The van der Waals surface area contributed by atoms with E-state index in [2.05, 4.69) is 12.6 Å². The molecule has 60 valence electrons. The average Bonchev–Trinajstić information content (AvgIpc) is 1.85. The summed E-state index contributed by atoms with van der Waals surface area (Å²) in [5, 5.41) is 1.03. The molecule has 1 nitrogen and oxygen atoms in total. The zero-order valence-electron chi connectivity index (χ0n) is 5.77. The van der Waals surface area contributed by atoms with Crippen LogP contribution in [0.5, 0.6) is 5.75 Å². The summed E-state index contributed by atoms with van der Waals surface area (Å²) in [6, 6.07) is 3.29. The van der Waals surface area contributed by atoms with Crippen molar-refractivity contribution in [2.45, 2.75) is 4.90 Å². The third-order valence-corrected chi connectivity index (χ3v) is 2.02. The molecule has 0 aliphatic heterocycles. The average molecular weight is 209 g/mol. The number of benzene rings is 1. The first-order valence-electron chi connectivity index (χ1n) is 2.87. The van der Waals surface area contributed by atoms with Crippen LogP contribution in [0.15, 0.2) is 17.0 Å². The highest BCUT2D eigenvalue weighted by Crippen LogP contribution is 2.33. The van der Waals surface area contributed by atoms with Crippen molar-refractivity contribution in [1.29, 1.82) is 0 Å². The third-order valence-electron chi connectivity index (χ3n) is 1.19. The molecule has 0 fully saturated rings. The fourth-order valence-electron chi connectivity index (χ4n) is 0.749. The Kier molecular flexibility index (Phi) is 2.93. The first kappa shape index (κ1) is 9.04. The molecular weight excluding hydrogens is 203 g/mol. The molecule has 0 radical (unpaired) electrons. The lowest BCUT2D eigenvalue weighted by Gasteiger charge is -2.05. The van der Waals surface area contributed by atoms with Gasteiger partial charge in [-0.05, 0) is 12.1 Å². The quantitative estimate of drug-likeness (QED) is 0.698. The van der Waals surface area contributed by atoms with E-state index < -0.39 is 0 Å². The Hall–Kier alpha value is -0.0500. The van der Waals surface area contributed by atoms with Crippen molar-refractivity contribution in [3.05, 3.63) is 22.2 Å². The van der Waals surface area contributed by atoms with Crippen molar-refractivity contribution in [1.82, 2.24) is 0 Å². The Bertz CT molecular complexity index is 252. The van der Waals surface area contributed by atoms with Crippen LogP contribution >= 0.6 is 35.8 Å². The van der Waals surface area contributed by atoms with Crippen LogP contribution in [0, 0.1) is 0 Å². The van der Waals surface area contributed by atoms with Gasteiger partial charge < -0.3 is 4.74 Å². The SMILES string of the molecule is COc1c(S)cc(Cl)cc1Cl. The van der Waals surface area contributed by atoms with Crippen molar-refractivity contribution >= 4 is 35.8 Å². The van der Waals surface area contributed by atoms with Crippen LogP contribution in [-0.2, 0) is 0 Å². The number of hydrogen-bond donors (Lipinski definition) is 1. The summed E-state index contributed by atoms with van der Waals surface area (Å²) in [5.74, 6) is 0.555. The van der Waals surface area contributed by atoms with E-state index in [0.29, 0.717) is 20.7 Å². The maximum Gasteiger partial charge on any atom is 0.150 e. The highest BCUT2D eigenvalue weighted by Gasteiger charge is 2.05. The zero-order chi connectivity index (χ0) is 8.43. The Balaban J connectivity index is 3.25. The standard InChI is InChI=1S/C7H6Cl2OS/c1-10-7-5(9)2-4(8)3-6(7)11/h2-3,11H,1H3. The number of rotatable bonds is 1. The Morgan fingerprint density at radius 3 is 2.45 bits per heavy atom. The Morgan fingerprint density at radius 1 is 1.36 bits per heavy atom. The fourth-order valence-corrected chi connectivity index (χ4v) is 1.81. The van der Waals surface area contributed by atoms with Gasteiger partial charge in [0.15, 0.2) is 5.75 Å². The van der Waals surface area contributed by atoms with Gasteiger partial charge in [0.2, 0.25) is 0 Å². The number of hydrogen-bond acceptors (Lipinski definition) is 2. The molecule has 0 spiro atoms. The summed E-state index contributed by atoms with van der Waals surface area (Å²) in [5.41, 5.74) is 0. The van der Waals surface area contributed by atoms with Crippen molar-refractivity contribution in [3.63, 3.8) is 0 Å². The van der Waals surface area contributed by atoms with Crippen LogP contribution in [0.25, 0.3) is 0 Å². The van der Waals surface area contributed by atoms with E-state index >= 15 is 0 Å². The molecule has 4 heteroatoms. The van der Waals surface area contributed by atoms with Gasteiger partial charge in [0.1, 0.15) is 0 Å². The second kappa shape index (κ2) is 3.57. The predicted octanol–water partition coefficient (Wildman–Crippen LogP) is 3.29. The van der Waals surface area contributed by atoms with Crippen molar-refractivity contribution in [3.8, 4) is 5.75 Å². The normalized spacial score (nSPS) is 9.82. The number of halogens is 2. The minimum atomic E-state index is 0.477.